The van der Waals surface area contributed by atoms with Crippen molar-refractivity contribution < 1.29 is 14.3 Å². The minimum Gasteiger partial charge on any atom is -0.410 e. The molecule has 0 bridgehead atoms. The second-order valence-electron chi connectivity index (χ2n) is 3.98. The number of ether oxygens (including phenoxy) is 1. The molecular formula is C15H12N2O3S. The number of urea groups is 1. The molecule has 0 spiro atoms. The summed E-state index contributed by atoms with van der Waals surface area (Å²) < 4.78 is 4.92. The maximum atomic E-state index is 11.6. The first-order valence-electron chi connectivity index (χ1n) is 6.09. The average Bonchev–Trinajstić information content (AvgIpc) is 2.48. The van der Waals surface area contributed by atoms with E-state index in [0.717, 1.165) is 0 Å². The van der Waals surface area contributed by atoms with Gasteiger partial charge in [0.15, 0.2) is 0 Å². The standard InChI is InChI=1S/C15H12N2O3S/c18-14(16-13(21)11-7-3-1-4-8-11)17-15(19)20-12-9-5-2-6-10-12/h1-10H,(H2,16,17,18,19,21). The van der Waals surface area contributed by atoms with Gasteiger partial charge in [-0.05, 0) is 12.1 Å². The van der Waals surface area contributed by atoms with Gasteiger partial charge >= 0.3 is 12.1 Å². The fourth-order valence-electron chi connectivity index (χ4n) is 1.51. The molecule has 3 amide bonds. The lowest BCUT2D eigenvalue weighted by Gasteiger charge is -2.08. The molecule has 0 aliphatic rings. The lowest BCUT2D eigenvalue weighted by atomic mass is 10.2. The minimum absolute atomic E-state index is 0.223. The van der Waals surface area contributed by atoms with Gasteiger partial charge in [-0.2, -0.15) is 0 Å². The first-order valence-corrected chi connectivity index (χ1v) is 6.50. The quantitative estimate of drug-likeness (QED) is 0.837. The van der Waals surface area contributed by atoms with Gasteiger partial charge in [-0.1, -0.05) is 60.7 Å². The van der Waals surface area contributed by atoms with Crippen molar-refractivity contribution in [3.8, 4) is 5.75 Å². The van der Waals surface area contributed by atoms with Crippen LogP contribution in [-0.2, 0) is 0 Å². The lowest BCUT2D eigenvalue weighted by Crippen LogP contribution is -2.43. The summed E-state index contributed by atoms with van der Waals surface area (Å²) in [6, 6.07) is 16.6. The van der Waals surface area contributed by atoms with Gasteiger partial charge in [-0.3, -0.25) is 5.32 Å². The van der Waals surface area contributed by atoms with E-state index in [1.807, 2.05) is 11.4 Å². The molecule has 5 nitrogen and oxygen atoms in total. The van der Waals surface area contributed by atoms with E-state index < -0.39 is 12.1 Å². The molecule has 0 radical (unpaired) electrons. The van der Waals surface area contributed by atoms with Crippen molar-refractivity contribution in [1.82, 2.24) is 10.6 Å². The zero-order chi connectivity index (χ0) is 15.1. The van der Waals surface area contributed by atoms with Gasteiger partial charge in [0.25, 0.3) is 0 Å². The van der Waals surface area contributed by atoms with Crippen molar-refractivity contribution in [2.45, 2.75) is 0 Å². The molecule has 0 unspecified atom stereocenters. The van der Waals surface area contributed by atoms with Crippen molar-refractivity contribution in [1.29, 1.82) is 0 Å². The average molecular weight is 300 g/mol. The van der Waals surface area contributed by atoms with E-state index in [1.54, 1.807) is 54.6 Å². The fraction of sp³-hybridized carbons (Fsp3) is 0. The Labute approximate surface area is 126 Å². The van der Waals surface area contributed by atoms with Gasteiger partial charge in [0.2, 0.25) is 0 Å². The Hall–Kier alpha value is -2.73. The Morgan fingerprint density at radius 2 is 1.43 bits per heavy atom. The van der Waals surface area contributed by atoms with Gasteiger partial charge in [-0.15, -0.1) is 0 Å². The molecule has 0 saturated carbocycles. The monoisotopic (exact) mass is 300 g/mol. The molecule has 6 heteroatoms. The summed E-state index contributed by atoms with van der Waals surface area (Å²) in [4.78, 5) is 23.3. The lowest BCUT2D eigenvalue weighted by molar-refractivity contribution is 0.198. The molecule has 0 aromatic heterocycles. The number of benzene rings is 2. The summed E-state index contributed by atoms with van der Waals surface area (Å²) in [5.74, 6) is 0.341. The Balaban J connectivity index is 1.84. The number of amides is 3. The van der Waals surface area contributed by atoms with Crippen molar-refractivity contribution in [2.24, 2.45) is 0 Å². The van der Waals surface area contributed by atoms with E-state index in [1.165, 1.54) is 0 Å². The van der Waals surface area contributed by atoms with E-state index >= 15 is 0 Å². The molecule has 2 aromatic rings. The van der Waals surface area contributed by atoms with Crippen molar-refractivity contribution in [2.75, 3.05) is 0 Å². The van der Waals surface area contributed by atoms with E-state index in [9.17, 15) is 9.59 Å². The van der Waals surface area contributed by atoms with Crippen LogP contribution in [0.1, 0.15) is 5.56 Å². The third-order valence-electron chi connectivity index (χ3n) is 2.43. The number of hydrogen-bond acceptors (Lipinski definition) is 4. The zero-order valence-electron chi connectivity index (χ0n) is 10.9. The number of para-hydroxylation sites is 1. The topological polar surface area (TPSA) is 67.4 Å². The van der Waals surface area contributed by atoms with E-state index in [-0.39, 0.29) is 4.99 Å². The second-order valence-corrected chi connectivity index (χ2v) is 4.39. The minimum atomic E-state index is -0.880. The highest BCUT2D eigenvalue weighted by Gasteiger charge is 2.11. The van der Waals surface area contributed by atoms with Gasteiger partial charge < -0.3 is 4.74 Å². The molecule has 2 aromatic carbocycles. The zero-order valence-corrected chi connectivity index (χ0v) is 11.7. The summed E-state index contributed by atoms with van der Waals surface area (Å²) in [5, 5.41) is 4.42. The maximum Gasteiger partial charge on any atom is 0.420 e. The number of nitrogens with one attached hydrogen (secondary N) is 2. The predicted octanol–water partition coefficient (Wildman–Crippen LogP) is 2.86. The Morgan fingerprint density at radius 1 is 0.857 bits per heavy atom. The molecule has 106 valence electrons. The van der Waals surface area contributed by atoms with Crippen LogP contribution in [-0.4, -0.2) is 17.1 Å². The second kappa shape index (κ2) is 7.16. The van der Waals surface area contributed by atoms with E-state index in [4.69, 9.17) is 17.0 Å². The normalized spacial score (nSPS) is 9.52. The summed E-state index contributed by atoms with van der Waals surface area (Å²) in [6.07, 6.45) is -0.880. The number of thiocarbonyl (C=S) groups is 1. The highest BCUT2D eigenvalue weighted by molar-refractivity contribution is 7.80. The summed E-state index contributed by atoms with van der Waals surface area (Å²) >= 11 is 5.06. The maximum absolute atomic E-state index is 11.6. The van der Waals surface area contributed by atoms with Crippen molar-refractivity contribution in [3.05, 3.63) is 66.2 Å². The fourth-order valence-corrected chi connectivity index (χ4v) is 1.74. The summed E-state index contributed by atoms with van der Waals surface area (Å²) in [7, 11) is 0. The van der Waals surface area contributed by atoms with E-state index in [0.29, 0.717) is 11.3 Å². The van der Waals surface area contributed by atoms with Crippen LogP contribution in [0.3, 0.4) is 0 Å². The summed E-state index contributed by atoms with van der Waals surface area (Å²) in [6.45, 7) is 0. The number of rotatable bonds is 2. The SMILES string of the molecule is O=C(NC(=O)Oc1ccccc1)NC(=S)c1ccccc1. The predicted molar refractivity (Wildman–Crippen MR) is 82.3 cm³/mol. The largest absolute Gasteiger partial charge is 0.420 e. The van der Waals surface area contributed by atoms with Crippen molar-refractivity contribution >= 4 is 29.3 Å². The van der Waals surface area contributed by atoms with Crippen LogP contribution in [0.5, 0.6) is 5.75 Å². The first kappa shape index (κ1) is 14.7. The Kier molecular flexibility index (Phi) is 5.00. The van der Waals surface area contributed by atoms with Crippen LogP contribution >= 0.6 is 12.2 Å². The number of carbonyl (C=O) groups excluding carboxylic acids is 2. The molecule has 0 fully saturated rings. The molecule has 0 aliphatic carbocycles. The van der Waals surface area contributed by atoms with Crippen LogP contribution in [0, 0.1) is 0 Å². The Bertz CT molecular complexity index is 644. The number of hydrogen-bond donors (Lipinski definition) is 2. The van der Waals surface area contributed by atoms with Gasteiger partial charge in [0.05, 0.1) is 0 Å². The third kappa shape index (κ3) is 4.70. The van der Waals surface area contributed by atoms with Crippen LogP contribution in [0.15, 0.2) is 60.7 Å². The molecule has 21 heavy (non-hydrogen) atoms. The molecule has 2 rings (SSSR count). The van der Waals surface area contributed by atoms with Gasteiger partial charge in [0, 0.05) is 5.56 Å². The van der Waals surface area contributed by atoms with Gasteiger partial charge in [0.1, 0.15) is 10.7 Å². The first-order chi connectivity index (χ1) is 10.1. The van der Waals surface area contributed by atoms with Crippen LogP contribution < -0.4 is 15.4 Å². The third-order valence-corrected chi connectivity index (χ3v) is 2.77. The van der Waals surface area contributed by atoms with E-state index in [2.05, 4.69) is 5.32 Å². The van der Waals surface area contributed by atoms with Crippen molar-refractivity contribution in [3.63, 3.8) is 0 Å². The molecule has 0 aliphatic heterocycles. The molecule has 2 N–H and O–H groups in total. The number of imide groups is 1. The highest BCUT2D eigenvalue weighted by Crippen LogP contribution is 2.08. The van der Waals surface area contributed by atoms with Crippen LogP contribution in [0.4, 0.5) is 9.59 Å². The summed E-state index contributed by atoms with van der Waals surface area (Å²) in [5.41, 5.74) is 0.680. The molecular weight excluding hydrogens is 288 g/mol. The van der Waals surface area contributed by atoms with Gasteiger partial charge in [-0.25, -0.2) is 14.9 Å². The molecule has 0 heterocycles. The van der Waals surface area contributed by atoms with Crippen LogP contribution in [0.2, 0.25) is 0 Å². The van der Waals surface area contributed by atoms with Crippen LogP contribution in [0.25, 0.3) is 0 Å². The Morgan fingerprint density at radius 3 is 2.05 bits per heavy atom. The smallest absolute Gasteiger partial charge is 0.410 e. The number of carbonyl (C=O) groups is 2. The molecule has 0 atom stereocenters. The molecule has 0 saturated heterocycles. The highest BCUT2D eigenvalue weighted by atomic mass is 32.1.